The molecule has 0 atom stereocenters. The molecular weight excluding hydrogens is 322 g/mol. The molecule has 2 heterocycles. The van der Waals surface area contributed by atoms with Gasteiger partial charge in [0.1, 0.15) is 0 Å². The molecule has 0 amide bonds. The summed E-state index contributed by atoms with van der Waals surface area (Å²) in [6.07, 6.45) is 2.56. The maximum atomic E-state index is 12.2. The zero-order valence-electron chi connectivity index (χ0n) is 13.4. The summed E-state index contributed by atoms with van der Waals surface area (Å²) in [6, 6.07) is 0. The minimum atomic E-state index is -0.498. The molecule has 126 valence electrons. The van der Waals surface area contributed by atoms with Crippen molar-refractivity contribution in [2.75, 3.05) is 25.6 Å². The van der Waals surface area contributed by atoms with E-state index in [9.17, 15) is 9.59 Å². The molecule has 2 N–H and O–H groups in total. The number of aromatic nitrogens is 4. The lowest BCUT2D eigenvalue weighted by Gasteiger charge is -2.08. The number of rotatable bonds is 7. The third-order valence-electron chi connectivity index (χ3n) is 3.37. The fourth-order valence-electron chi connectivity index (χ4n) is 2.18. The van der Waals surface area contributed by atoms with E-state index in [0.29, 0.717) is 41.8 Å². The number of aromatic amines is 1. The second-order valence-electron chi connectivity index (χ2n) is 5.10. The van der Waals surface area contributed by atoms with Crippen LogP contribution in [0.15, 0.2) is 20.7 Å². The van der Waals surface area contributed by atoms with Crippen LogP contribution in [0.4, 0.5) is 5.95 Å². The number of halogens is 1. The molecule has 2 aromatic heterocycles. The average Bonchev–Trinajstić information content (AvgIpc) is 2.86. The third kappa shape index (κ3) is 3.83. The molecule has 0 aliphatic rings. The Hall–Kier alpha value is -2.06. The van der Waals surface area contributed by atoms with Gasteiger partial charge in [-0.3, -0.25) is 14.3 Å². The number of hydrogen-bond donors (Lipinski definition) is 2. The van der Waals surface area contributed by atoms with E-state index >= 15 is 0 Å². The SMILES string of the molecule is COCCCNc1nc2c(c(=O)[nH]c(=O)n2C)n1CC=C(C)Cl. The molecule has 0 aliphatic heterocycles. The van der Waals surface area contributed by atoms with E-state index in [-0.39, 0.29) is 0 Å². The highest BCUT2D eigenvalue weighted by Crippen LogP contribution is 2.16. The number of imidazole rings is 1. The van der Waals surface area contributed by atoms with Gasteiger partial charge in [0.25, 0.3) is 5.56 Å². The Balaban J connectivity index is 2.51. The van der Waals surface area contributed by atoms with Crippen LogP contribution in [0.5, 0.6) is 0 Å². The molecule has 2 aromatic rings. The van der Waals surface area contributed by atoms with Crippen LogP contribution >= 0.6 is 11.6 Å². The standard InChI is InChI=1S/C14H20ClN5O3/c1-9(15)5-7-20-10-11(19(2)14(22)18-12(10)21)17-13(20)16-6-4-8-23-3/h5H,4,6-8H2,1-3H3,(H,16,17)(H,18,21,22). The van der Waals surface area contributed by atoms with Gasteiger partial charge >= 0.3 is 5.69 Å². The molecule has 0 aromatic carbocycles. The Kier molecular flexibility index (Phi) is 5.62. The molecule has 9 heteroatoms. The maximum absolute atomic E-state index is 12.2. The molecule has 0 spiro atoms. The Morgan fingerprint density at radius 1 is 1.48 bits per heavy atom. The monoisotopic (exact) mass is 341 g/mol. The molecule has 0 saturated carbocycles. The summed E-state index contributed by atoms with van der Waals surface area (Å²) in [6.45, 7) is 3.38. The first-order valence-electron chi connectivity index (χ1n) is 7.20. The lowest BCUT2D eigenvalue weighted by Crippen LogP contribution is -2.29. The second kappa shape index (κ2) is 7.47. The van der Waals surface area contributed by atoms with Gasteiger partial charge < -0.3 is 14.6 Å². The van der Waals surface area contributed by atoms with Gasteiger partial charge in [-0.05, 0) is 13.3 Å². The Bertz CT molecular complexity index is 829. The van der Waals surface area contributed by atoms with E-state index < -0.39 is 11.2 Å². The van der Waals surface area contributed by atoms with E-state index in [1.165, 1.54) is 4.57 Å². The molecule has 8 nitrogen and oxygen atoms in total. The Morgan fingerprint density at radius 2 is 2.22 bits per heavy atom. The summed E-state index contributed by atoms with van der Waals surface area (Å²) < 4.78 is 8.02. The van der Waals surface area contributed by atoms with Crippen LogP contribution in [0, 0.1) is 0 Å². The fraction of sp³-hybridized carbons (Fsp3) is 0.500. The quantitative estimate of drug-likeness (QED) is 0.733. The van der Waals surface area contributed by atoms with Crippen molar-refractivity contribution in [3.05, 3.63) is 31.9 Å². The van der Waals surface area contributed by atoms with Gasteiger partial charge in [-0.25, -0.2) is 4.79 Å². The van der Waals surface area contributed by atoms with E-state index in [1.54, 1.807) is 31.7 Å². The molecule has 2 rings (SSSR count). The highest BCUT2D eigenvalue weighted by atomic mass is 35.5. The summed E-state index contributed by atoms with van der Waals surface area (Å²) in [5.74, 6) is 0.511. The van der Waals surface area contributed by atoms with Gasteiger partial charge in [0.15, 0.2) is 11.2 Å². The maximum Gasteiger partial charge on any atom is 0.329 e. The van der Waals surface area contributed by atoms with Crippen LogP contribution in [0.25, 0.3) is 11.2 Å². The van der Waals surface area contributed by atoms with Gasteiger partial charge in [-0.15, -0.1) is 0 Å². The topological polar surface area (TPSA) is 93.9 Å². The summed E-state index contributed by atoms with van der Waals surface area (Å²) in [4.78, 5) is 30.6. The van der Waals surface area contributed by atoms with Crippen LogP contribution in [0.3, 0.4) is 0 Å². The largest absolute Gasteiger partial charge is 0.385 e. The van der Waals surface area contributed by atoms with Crippen molar-refractivity contribution in [1.29, 1.82) is 0 Å². The first-order chi connectivity index (χ1) is 11.0. The Morgan fingerprint density at radius 3 is 2.87 bits per heavy atom. The number of ether oxygens (including phenoxy) is 1. The van der Waals surface area contributed by atoms with E-state index in [1.807, 2.05) is 0 Å². The summed E-state index contributed by atoms with van der Waals surface area (Å²) in [7, 11) is 3.20. The smallest absolute Gasteiger partial charge is 0.329 e. The molecule has 23 heavy (non-hydrogen) atoms. The van der Waals surface area contributed by atoms with Crippen LogP contribution in [-0.4, -0.2) is 39.4 Å². The average molecular weight is 342 g/mol. The molecule has 0 radical (unpaired) electrons. The lowest BCUT2D eigenvalue weighted by atomic mass is 10.4. The third-order valence-corrected chi connectivity index (χ3v) is 3.52. The van der Waals surface area contributed by atoms with Crippen molar-refractivity contribution in [2.45, 2.75) is 19.9 Å². The molecule has 0 fully saturated rings. The number of nitrogens with zero attached hydrogens (tertiary/aromatic N) is 3. The summed E-state index contributed by atoms with van der Waals surface area (Å²) in [5.41, 5.74) is -0.313. The van der Waals surface area contributed by atoms with Crippen molar-refractivity contribution in [3.8, 4) is 0 Å². The minimum absolute atomic E-state index is 0.327. The zero-order chi connectivity index (χ0) is 17.0. The van der Waals surface area contributed by atoms with Crippen molar-refractivity contribution in [2.24, 2.45) is 7.05 Å². The second-order valence-corrected chi connectivity index (χ2v) is 5.70. The molecular formula is C14H20ClN5O3. The van der Waals surface area contributed by atoms with E-state index in [4.69, 9.17) is 16.3 Å². The highest BCUT2D eigenvalue weighted by molar-refractivity contribution is 6.29. The highest BCUT2D eigenvalue weighted by Gasteiger charge is 2.16. The first kappa shape index (κ1) is 17.3. The predicted molar refractivity (Wildman–Crippen MR) is 90.2 cm³/mol. The van der Waals surface area contributed by atoms with Crippen molar-refractivity contribution < 1.29 is 4.74 Å². The number of fused-ring (bicyclic) bond motifs is 1. The number of H-pyrrole nitrogens is 1. The van der Waals surface area contributed by atoms with Gasteiger partial charge in [0, 0.05) is 38.9 Å². The summed E-state index contributed by atoms with van der Waals surface area (Å²) >= 11 is 5.89. The van der Waals surface area contributed by atoms with E-state index in [0.717, 1.165) is 6.42 Å². The number of methoxy groups -OCH3 is 1. The number of allylic oxidation sites excluding steroid dienone is 2. The van der Waals surface area contributed by atoms with Gasteiger partial charge in [-0.1, -0.05) is 17.7 Å². The number of aryl methyl sites for hydroxylation is 1. The van der Waals surface area contributed by atoms with Crippen LogP contribution in [-0.2, 0) is 18.3 Å². The first-order valence-corrected chi connectivity index (χ1v) is 7.58. The number of hydrogen-bond acceptors (Lipinski definition) is 5. The van der Waals surface area contributed by atoms with Crippen molar-refractivity contribution >= 4 is 28.7 Å². The normalized spacial score (nSPS) is 12.1. The Labute approximate surface area is 137 Å². The fourth-order valence-corrected chi connectivity index (χ4v) is 2.25. The minimum Gasteiger partial charge on any atom is -0.385 e. The van der Waals surface area contributed by atoms with Crippen LogP contribution in [0.2, 0.25) is 0 Å². The molecule has 0 bridgehead atoms. The van der Waals surface area contributed by atoms with Gasteiger partial charge in [0.2, 0.25) is 5.95 Å². The van der Waals surface area contributed by atoms with E-state index in [2.05, 4.69) is 15.3 Å². The summed E-state index contributed by atoms with van der Waals surface area (Å²) in [5, 5.41) is 3.78. The molecule has 0 saturated heterocycles. The zero-order valence-corrected chi connectivity index (χ0v) is 14.1. The number of nitrogens with one attached hydrogen (secondary N) is 2. The van der Waals surface area contributed by atoms with Crippen molar-refractivity contribution in [3.63, 3.8) is 0 Å². The van der Waals surface area contributed by atoms with Gasteiger partial charge in [0.05, 0.1) is 0 Å². The lowest BCUT2D eigenvalue weighted by molar-refractivity contribution is 0.197. The van der Waals surface area contributed by atoms with Crippen molar-refractivity contribution in [1.82, 2.24) is 19.1 Å². The van der Waals surface area contributed by atoms with Crippen LogP contribution in [0.1, 0.15) is 13.3 Å². The molecule has 0 unspecified atom stereocenters. The van der Waals surface area contributed by atoms with Gasteiger partial charge in [-0.2, -0.15) is 4.98 Å². The molecule has 0 aliphatic carbocycles. The van der Waals surface area contributed by atoms with Crippen LogP contribution < -0.4 is 16.6 Å². The number of anilines is 1. The predicted octanol–water partition coefficient (Wildman–Crippen LogP) is 1.01.